The van der Waals surface area contributed by atoms with E-state index in [1.807, 2.05) is 0 Å². The third kappa shape index (κ3) is 1.47. The van der Waals surface area contributed by atoms with Crippen LogP contribution in [0.15, 0.2) is 24.2 Å². The molecule has 1 aliphatic rings. The third-order valence-electron chi connectivity index (χ3n) is 1.08. The van der Waals surface area contributed by atoms with Crippen LogP contribution in [0.1, 0.15) is 6.92 Å². The van der Waals surface area contributed by atoms with E-state index in [0.717, 1.165) is 0 Å². The van der Waals surface area contributed by atoms with Crippen LogP contribution in [0.2, 0.25) is 0 Å². The first-order valence-corrected chi connectivity index (χ1v) is 2.69. The Kier molecular flexibility index (Phi) is 1.21. The fraction of sp³-hybridized carbons (Fsp3) is 0.333. The average molecular weight is 127 g/mol. The molecule has 0 bridgehead atoms. The van der Waals surface area contributed by atoms with Gasteiger partial charge in [-0.25, -0.2) is 0 Å². The number of aliphatic hydroxyl groups is 2. The highest BCUT2D eigenvalue weighted by Gasteiger charge is 2.16. The first-order chi connectivity index (χ1) is 4.10. The van der Waals surface area contributed by atoms with Crippen molar-refractivity contribution < 1.29 is 10.2 Å². The Bertz CT molecular complexity index is 170. The van der Waals surface area contributed by atoms with Crippen molar-refractivity contribution in [1.82, 2.24) is 5.32 Å². The molecule has 1 heterocycles. The molecule has 1 aliphatic heterocycles. The molecule has 0 fully saturated rings. The van der Waals surface area contributed by atoms with Crippen LogP contribution in [0.4, 0.5) is 0 Å². The van der Waals surface area contributed by atoms with Gasteiger partial charge in [0.25, 0.3) is 0 Å². The van der Waals surface area contributed by atoms with E-state index in [9.17, 15) is 5.11 Å². The van der Waals surface area contributed by atoms with Gasteiger partial charge < -0.3 is 15.5 Å². The van der Waals surface area contributed by atoms with Crippen molar-refractivity contribution >= 4 is 0 Å². The first-order valence-electron chi connectivity index (χ1n) is 2.69. The average Bonchev–Trinajstić information content (AvgIpc) is 1.60. The number of nitrogens with one attached hydrogen (secondary N) is 1. The monoisotopic (exact) mass is 127 g/mol. The quantitative estimate of drug-likeness (QED) is 0.437. The largest absolute Gasteiger partial charge is 0.495 e. The second kappa shape index (κ2) is 1.77. The highest BCUT2D eigenvalue weighted by molar-refractivity contribution is 5.18. The van der Waals surface area contributed by atoms with E-state index in [2.05, 4.69) is 5.32 Å². The van der Waals surface area contributed by atoms with E-state index < -0.39 is 5.60 Å². The molecular formula is C6H9NO2. The minimum atomic E-state index is -1.00. The van der Waals surface area contributed by atoms with Crippen LogP contribution in [0, 0.1) is 0 Å². The van der Waals surface area contributed by atoms with Gasteiger partial charge in [-0.2, -0.15) is 0 Å². The third-order valence-corrected chi connectivity index (χ3v) is 1.08. The van der Waals surface area contributed by atoms with Crippen molar-refractivity contribution in [3.05, 3.63) is 24.2 Å². The van der Waals surface area contributed by atoms with Crippen LogP contribution >= 0.6 is 0 Å². The van der Waals surface area contributed by atoms with Gasteiger partial charge in [-0.3, -0.25) is 0 Å². The van der Waals surface area contributed by atoms with Crippen LogP contribution in [-0.2, 0) is 0 Å². The van der Waals surface area contributed by atoms with Crippen molar-refractivity contribution in [3.8, 4) is 0 Å². The van der Waals surface area contributed by atoms with Crippen LogP contribution < -0.4 is 5.32 Å². The molecule has 0 saturated carbocycles. The van der Waals surface area contributed by atoms with Crippen LogP contribution in [0.25, 0.3) is 0 Å². The topological polar surface area (TPSA) is 52.5 Å². The number of aliphatic hydroxyl groups excluding tert-OH is 1. The second-order valence-electron chi connectivity index (χ2n) is 2.23. The Hall–Kier alpha value is -0.960. The maximum atomic E-state index is 9.18. The van der Waals surface area contributed by atoms with Gasteiger partial charge >= 0.3 is 0 Å². The zero-order valence-corrected chi connectivity index (χ0v) is 5.13. The Morgan fingerprint density at radius 2 is 2.33 bits per heavy atom. The molecule has 9 heavy (non-hydrogen) atoms. The summed E-state index contributed by atoms with van der Waals surface area (Å²) >= 11 is 0. The fourth-order valence-electron chi connectivity index (χ4n) is 0.662. The van der Waals surface area contributed by atoms with Gasteiger partial charge in [0.1, 0.15) is 5.60 Å². The number of hydrogen-bond donors (Lipinski definition) is 3. The number of hydrogen-bond acceptors (Lipinski definition) is 3. The van der Waals surface area contributed by atoms with Gasteiger partial charge in [-0.1, -0.05) is 0 Å². The molecule has 3 nitrogen and oxygen atoms in total. The lowest BCUT2D eigenvalue weighted by molar-refractivity contribution is 0.153. The van der Waals surface area contributed by atoms with E-state index in [1.54, 1.807) is 13.0 Å². The summed E-state index contributed by atoms with van der Waals surface area (Å²) in [6.07, 6.45) is 4.37. The maximum absolute atomic E-state index is 9.18. The molecule has 1 rings (SSSR count). The Labute approximate surface area is 53.3 Å². The summed E-state index contributed by atoms with van der Waals surface area (Å²) in [6.45, 7) is 1.58. The van der Waals surface area contributed by atoms with Crippen LogP contribution in [0.3, 0.4) is 0 Å². The fourth-order valence-corrected chi connectivity index (χ4v) is 0.662. The van der Waals surface area contributed by atoms with E-state index in [1.165, 1.54) is 12.3 Å². The van der Waals surface area contributed by atoms with E-state index in [0.29, 0.717) is 0 Å². The van der Waals surface area contributed by atoms with E-state index in [4.69, 9.17) is 5.11 Å². The molecule has 0 aromatic rings. The number of dihydropyridines is 1. The zero-order chi connectivity index (χ0) is 6.91. The van der Waals surface area contributed by atoms with Gasteiger partial charge in [0.2, 0.25) is 0 Å². The van der Waals surface area contributed by atoms with Gasteiger partial charge in [-0.05, 0) is 13.0 Å². The molecule has 3 heteroatoms. The normalized spacial score (nSPS) is 33.3. The summed E-state index contributed by atoms with van der Waals surface area (Å²) in [7, 11) is 0. The van der Waals surface area contributed by atoms with Crippen molar-refractivity contribution in [1.29, 1.82) is 0 Å². The van der Waals surface area contributed by atoms with Gasteiger partial charge in [0, 0.05) is 12.3 Å². The van der Waals surface area contributed by atoms with Gasteiger partial charge in [0.15, 0.2) is 5.88 Å². The standard InChI is InChI=1S/C6H9NO2/c1-6(9)2-3-7-5(8)4-6/h2-4,7-9H,1H3. The second-order valence-corrected chi connectivity index (χ2v) is 2.23. The maximum Gasteiger partial charge on any atom is 0.187 e. The van der Waals surface area contributed by atoms with Crippen molar-refractivity contribution in [2.24, 2.45) is 0 Å². The van der Waals surface area contributed by atoms with Gasteiger partial charge in [0.05, 0.1) is 0 Å². The summed E-state index contributed by atoms with van der Waals surface area (Å²) in [5.74, 6) is -0.0116. The van der Waals surface area contributed by atoms with Crippen molar-refractivity contribution in [2.75, 3.05) is 0 Å². The zero-order valence-electron chi connectivity index (χ0n) is 5.13. The van der Waals surface area contributed by atoms with Crippen molar-refractivity contribution in [2.45, 2.75) is 12.5 Å². The molecule has 3 N–H and O–H groups in total. The lowest BCUT2D eigenvalue weighted by Crippen LogP contribution is -2.25. The smallest absolute Gasteiger partial charge is 0.187 e. The van der Waals surface area contributed by atoms with Gasteiger partial charge in [-0.15, -0.1) is 0 Å². The highest BCUT2D eigenvalue weighted by atomic mass is 16.3. The summed E-state index contributed by atoms with van der Waals surface area (Å²) in [5, 5.41) is 20.5. The van der Waals surface area contributed by atoms with Crippen molar-refractivity contribution in [3.63, 3.8) is 0 Å². The molecule has 1 unspecified atom stereocenters. The Morgan fingerprint density at radius 3 is 2.67 bits per heavy atom. The minimum Gasteiger partial charge on any atom is -0.495 e. The molecule has 0 saturated heterocycles. The molecule has 50 valence electrons. The molecule has 0 aromatic heterocycles. The molecular weight excluding hydrogens is 118 g/mol. The molecule has 0 spiro atoms. The Balaban J connectivity index is 2.78. The van der Waals surface area contributed by atoms with Crippen LogP contribution in [-0.4, -0.2) is 15.8 Å². The predicted octanol–water partition coefficient (Wildman–Crippen LogP) is 0.254. The van der Waals surface area contributed by atoms with Crippen LogP contribution in [0.5, 0.6) is 0 Å². The summed E-state index contributed by atoms with van der Waals surface area (Å²) < 4.78 is 0. The Morgan fingerprint density at radius 1 is 1.67 bits per heavy atom. The lowest BCUT2D eigenvalue weighted by atomic mass is 10.1. The summed E-state index contributed by atoms with van der Waals surface area (Å²) in [6, 6.07) is 0. The number of rotatable bonds is 0. The molecule has 0 aromatic carbocycles. The molecule has 0 radical (unpaired) electrons. The van der Waals surface area contributed by atoms with E-state index >= 15 is 0 Å². The molecule has 1 atom stereocenters. The SMILES string of the molecule is CC1(O)C=CNC(O)=C1. The summed E-state index contributed by atoms with van der Waals surface area (Å²) in [5.41, 5.74) is -1.00. The minimum absolute atomic E-state index is 0.0116. The van der Waals surface area contributed by atoms with E-state index in [-0.39, 0.29) is 5.88 Å². The lowest BCUT2D eigenvalue weighted by Gasteiger charge is -2.17. The molecule has 0 aliphatic carbocycles. The predicted molar refractivity (Wildman–Crippen MR) is 33.6 cm³/mol. The molecule has 0 amide bonds. The summed E-state index contributed by atoms with van der Waals surface area (Å²) in [4.78, 5) is 0. The first kappa shape index (κ1) is 6.16. The highest BCUT2D eigenvalue weighted by Crippen LogP contribution is 2.11.